The van der Waals surface area contributed by atoms with Crippen molar-refractivity contribution < 1.29 is 29.1 Å². The van der Waals surface area contributed by atoms with E-state index in [1.54, 1.807) is 49.5 Å². The number of aliphatic carboxylic acids is 1. The number of carboxylic acid groups (broad SMARTS) is 1. The zero-order valence-corrected chi connectivity index (χ0v) is 25.5. The van der Waals surface area contributed by atoms with E-state index in [0.29, 0.717) is 35.6 Å². The second-order valence-corrected chi connectivity index (χ2v) is 10.1. The zero-order chi connectivity index (χ0) is 32.2. The highest BCUT2D eigenvalue weighted by molar-refractivity contribution is 6.10. The van der Waals surface area contributed by atoms with Crippen molar-refractivity contribution in [1.29, 1.82) is 0 Å². The normalized spacial score (nSPS) is 12.4. The molecule has 0 spiro atoms. The van der Waals surface area contributed by atoms with Gasteiger partial charge in [0.2, 0.25) is 11.8 Å². The highest BCUT2D eigenvalue weighted by Crippen LogP contribution is 2.28. The highest BCUT2D eigenvalue weighted by atomic mass is 16.4. The first kappa shape index (κ1) is 33.3. The molecule has 5 amide bonds. The first-order chi connectivity index (χ1) is 21.1. The van der Waals surface area contributed by atoms with E-state index in [9.17, 15) is 24.0 Å². The fourth-order valence-electron chi connectivity index (χ4n) is 4.58. The van der Waals surface area contributed by atoms with Crippen LogP contribution in [0.4, 0.5) is 27.5 Å². The van der Waals surface area contributed by atoms with Crippen LogP contribution < -0.4 is 20.9 Å². The van der Waals surface area contributed by atoms with Crippen LogP contribution >= 0.6 is 0 Å². The first-order valence-corrected chi connectivity index (χ1v) is 14.5. The number of carboxylic acids is 1. The van der Waals surface area contributed by atoms with Crippen LogP contribution in [0.3, 0.4) is 0 Å². The standard InChI is InChI=1S/C31H33N5O6.C2H6/c1-20-7-3-4-8-25(20)34-31(42)33-22-12-10-21(11-13-22)17-27(37)32-23-14-15-26-24(18-23)30(41)36(19-28(38)35(26)2)16-6-5-9-29(39)40;1-2/h3-4,7-8,10-15,18H,5-6,9,16-17,19H2,1-2H3,(H,32,37)(H,39,40)(H2,33,34,42);1-2H3. The Morgan fingerprint density at radius 1 is 0.864 bits per heavy atom. The van der Waals surface area contributed by atoms with Gasteiger partial charge in [-0.1, -0.05) is 44.2 Å². The summed E-state index contributed by atoms with van der Waals surface area (Å²) in [5.74, 6) is -1.83. The summed E-state index contributed by atoms with van der Waals surface area (Å²) in [6, 6.07) is 18.8. The maximum Gasteiger partial charge on any atom is 0.323 e. The molecule has 0 unspecified atom stereocenters. The van der Waals surface area contributed by atoms with Crippen molar-refractivity contribution in [3.63, 3.8) is 0 Å². The van der Waals surface area contributed by atoms with E-state index in [-0.39, 0.29) is 55.2 Å². The fraction of sp³-hybridized carbons (Fsp3) is 0.303. The number of para-hydroxylation sites is 1. The summed E-state index contributed by atoms with van der Waals surface area (Å²) in [7, 11) is 1.59. The average molecular weight is 602 g/mol. The van der Waals surface area contributed by atoms with Gasteiger partial charge in [0.15, 0.2) is 0 Å². The summed E-state index contributed by atoms with van der Waals surface area (Å²) in [6.07, 6.45) is 0.899. The lowest BCUT2D eigenvalue weighted by Crippen LogP contribution is -2.38. The van der Waals surface area contributed by atoms with Gasteiger partial charge in [0.1, 0.15) is 6.54 Å². The number of carbonyl (C=O) groups is 5. The number of aryl methyl sites for hydroxylation is 1. The van der Waals surface area contributed by atoms with Crippen LogP contribution in [0.2, 0.25) is 0 Å². The summed E-state index contributed by atoms with van der Waals surface area (Å²) in [6.45, 7) is 6.04. The Labute approximate surface area is 257 Å². The van der Waals surface area contributed by atoms with Gasteiger partial charge in [0.05, 0.1) is 17.7 Å². The number of anilines is 4. The lowest BCUT2D eigenvalue weighted by atomic mass is 10.1. The molecule has 0 saturated heterocycles. The maximum absolute atomic E-state index is 13.3. The summed E-state index contributed by atoms with van der Waals surface area (Å²) < 4.78 is 0. The number of carbonyl (C=O) groups excluding carboxylic acids is 4. The van der Waals surface area contributed by atoms with Crippen LogP contribution in [0.5, 0.6) is 0 Å². The van der Waals surface area contributed by atoms with Crippen LogP contribution in [0.1, 0.15) is 54.6 Å². The van der Waals surface area contributed by atoms with Crippen molar-refractivity contribution >= 4 is 52.5 Å². The van der Waals surface area contributed by atoms with Crippen molar-refractivity contribution in [1.82, 2.24) is 4.90 Å². The molecule has 3 aromatic carbocycles. The summed E-state index contributed by atoms with van der Waals surface area (Å²) in [5, 5.41) is 17.2. The van der Waals surface area contributed by atoms with Crippen molar-refractivity contribution in [3.05, 3.63) is 83.4 Å². The van der Waals surface area contributed by atoms with Crippen LogP contribution in [-0.2, 0) is 20.8 Å². The Kier molecular flexibility index (Phi) is 12.0. The maximum atomic E-state index is 13.3. The number of rotatable bonds is 10. The molecule has 0 bridgehead atoms. The number of nitrogens with one attached hydrogen (secondary N) is 3. The number of urea groups is 1. The molecule has 0 atom stereocenters. The molecule has 0 fully saturated rings. The third-order valence-electron chi connectivity index (χ3n) is 6.90. The topological polar surface area (TPSA) is 148 Å². The predicted octanol–water partition coefficient (Wildman–Crippen LogP) is 5.52. The number of benzene rings is 3. The molecule has 11 nitrogen and oxygen atoms in total. The molecule has 4 rings (SSSR count). The van der Waals surface area contributed by atoms with E-state index in [1.165, 1.54) is 9.80 Å². The molecular weight excluding hydrogens is 562 g/mol. The van der Waals surface area contributed by atoms with E-state index in [4.69, 9.17) is 5.11 Å². The molecule has 44 heavy (non-hydrogen) atoms. The molecule has 1 heterocycles. The number of amides is 5. The first-order valence-electron chi connectivity index (χ1n) is 14.5. The summed E-state index contributed by atoms with van der Waals surface area (Å²) in [4.78, 5) is 64.7. The van der Waals surface area contributed by atoms with Crippen LogP contribution in [0.15, 0.2) is 66.7 Å². The SMILES string of the molecule is CC.Cc1ccccc1NC(=O)Nc1ccc(CC(=O)Nc2ccc3c(c2)C(=O)N(CCCCC(=O)O)CC(=O)N3C)cc1. The number of hydrogen-bond acceptors (Lipinski definition) is 5. The Balaban J connectivity index is 0.00000259. The van der Waals surface area contributed by atoms with Crippen molar-refractivity contribution in [2.75, 3.05) is 41.0 Å². The minimum Gasteiger partial charge on any atom is -0.481 e. The van der Waals surface area contributed by atoms with Gasteiger partial charge in [-0.2, -0.15) is 0 Å². The zero-order valence-electron chi connectivity index (χ0n) is 25.5. The summed E-state index contributed by atoms with van der Waals surface area (Å²) >= 11 is 0. The number of fused-ring (bicyclic) bond motifs is 1. The minimum absolute atomic E-state index is 0.00873. The molecule has 3 aromatic rings. The highest BCUT2D eigenvalue weighted by Gasteiger charge is 2.30. The monoisotopic (exact) mass is 601 g/mol. The molecular formula is C33H39N5O6. The number of nitrogens with zero attached hydrogens (tertiary/aromatic N) is 2. The molecule has 0 saturated carbocycles. The number of likely N-dealkylation sites (N-methyl/N-ethyl adjacent to an activating group) is 1. The second-order valence-electron chi connectivity index (χ2n) is 10.1. The van der Waals surface area contributed by atoms with Gasteiger partial charge < -0.3 is 30.9 Å². The lowest BCUT2D eigenvalue weighted by molar-refractivity contribution is -0.137. The second kappa shape index (κ2) is 15.9. The molecule has 0 radical (unpaired) electrons. The molecule has 232 valence electrons. The van der Waals surface area contributed by atoms with E-state index >= 15 is 0 Å². The van der Waals surface area contributed by atoms with E-state index < -0.39 is 5.97 Å². The Bertz CT molecular complexity index is 1500. The van der Waals surface area contributed by atoms with Gasteiger partial charge in [0.25, 0.3) is 5.91 Å². The molecule has 0 aliphatic carbocycles. The van der Waals surface area contributed by atoms with Crippen molar-refractivity contribution in [2.45, 2.75) is 46.5 Å². The molecule has 0 aromatic heterocycles. The molecule has 4 N–H and O–H groups in total. The van der Waals surface area contributed by atoms with Gasteiger partial charge >= 0.3 is 12.0 Å². The predicted molar refractivity (Wildman–Crippen MR) is 171 cm³/mol. The lowest BCUT2D eigenvalue weighted by Gasteiger charge is -2.19. The van der Waals surface area contributed by atoms with Crippen LogP contribution in [0, 0.1) is 6.92 Å². The Morgan fingerprint density at radius 3 is 2.23 bits per heavy atom. The molecule has 11 heteroatoms. The van der Waals surface area contributed by atoms with Gasteiger partial charge in [-0.25, -0.2) is 4.79 Å². The van der Waals surface area contributed by atoms with E-state index in [2.05, 4.69) is 16.0 Å². The smallest absolute Gasteiger partial charge is 0.323 e. The summed E-state index contributed by atoms with van der Waals surface area (Å²) in [5.41, 5.74) is 4.07. The third kappa shape index (κ3) is 9.15. The van der Waals surface area contributed by atoms with Crippen LogP contribution in [-0.4, -0.2) is 59.9 Å². The Hall–Kier alpha value is -5.19. The van der Waals surface area contributed by atoms with Gasteiger partial charge in [-0.15, -0.1) is 0 Å². The van der Waals surface area contributed by atoms with Crippen molar-refractivity contribution in [2.24, 2.45) is 0 Å². The number of unbranched alkanes of at least 4 members (excludes halogenated alkanes) is 1. The van der Waals surface area contributed by atoms with Gasteiger partial charge in [-0.3, -0.25) is 19.2 Å². The third-order valence-corrected chi connectivity index (χ3v) is 6.90. The minimum atomic E-state index is -0.910. The molecule has 1 aliphatic rings. The fourth-order valence-corrected chi connectivity index (χ4v) is 4.58. The van der Waals surface area contributed by atoms with Crippen LogP contribution in [0.25, 0.3) is 0 Å². The molecule has 1 aliphatic heterocycles. The average Bonchev–Trinajstić information content (AvgIpc) is 3.08. The van der Waals surface area contributed by atoms with Crippen molar-refractivity contribution in [3.8, 4) is 0 Å². The van der Waals surface area contributed by atoms with E-state index in [0.717, 1.165) is 11.1 Å². The largest absolute Gasteiger partial charge is 0.481 e. The quantitative estimate of drug-likeness (QED) is 0.225. The van der Waals surface area contributed by atoms with Gasteiger partial charge in [0, 0.05) is 37.1 Å². The van der Waals surface area contributed by atoms with E-state index in [1.807, 2.05) is 45.0 Å². The van der Waals surface area contributed by atoms with Gasteiger partial charge in [-0.05, 0) is 67.3 Å². The number of hydrogen-bond donors (Lipinski definition) is 4. The Morgan fingerprint density at radius 2 is 1.55 bits per heavy atom.